The van der Waals surface area contributed by atoms with Crippen molar-refractivity contribution in [1.82, 2.24) is 9.78 Å². The van der Waals surface area contributed by atoms with Gasteiger partial charge in [-0.1, -0.05) is 37.1 Å². The average Bonchev–Trinajstić information content (AvgIpc) is 3.10. The lowest BCUT2D eigenvalue weighted by Crippen LogP contribution is -2.17. The average molecular weight is 573 g/mol. The maximum Gasteiger partial charge on any atom is 0.340 e. The predicted octanol–water partition coefficient (Wildman–Crippen LogP) is 5.68. The van der Waals surface area contributed by atoms with Gasteiger partial charge in [-0.25, -0.2) is 13.1 Å². The van der Waals surface area contributed by atoms with Crippen LogP contribution in [0.15, 0.2) is 51.8 Å². The molecule has 10 heteroatoms. The van der Waals surface area contributed by atoms with Crippen LogP contribution in [-0.4, -0.2) is 38.7 Å². The van der Waals surface area contributed by atoms with Crippen LogP contribution in [0.3, 0.4) is 0 Å². The van der Waals surface area contributed by atoms with Gasteiger partial charge >= 0.3 is 10.1 Å². The van der Waals surface area contributed by atoms with Crippen molar-refractivity contribution < 1.29 is 25.8 Å². The van der Waals surface area contributed by atoms with E-state index in [9.17, 15) is 21.6 Å². The molecule has 0 N–H and O–H groups in total. The highest BCUT2D eigenvalue weighted by molar-refractivity contribution is 7.90. The number of aromatic nitrogens is 2. The molecule has 3 aromatic rings. The third kappa shape index (κ3) is 6.33. The van der Waals surface area contributed by atoms with Gasteiger partial charge in [-0.2, -0.15) is 13.5 Å². The number of allylic oxidation sites excluding steroid dienone is 2. The van der Waals surface area contributed by atoms with Gasteiger partial charge < -0.3 is 4.18 Å². The summed E-state index contributed by atoms with van der Waals surface area (Å²) < 4.78 is 58.8. The van der Waals surface area contributed by atoms with Gasteiger partial charge in [-0.05, 0) is 88.4 Å². The highest BCUT2D eigenvalue weighted by Crippen LogP contribution is 2.35. The van der Waals surface area contributed by atoms with Crippen molar-refractivity contribution >= 4 is 31.3 Å². The van der Waals surface area contributed by atoms with Crippen molar-refractivity contribution in [3.63, 3.8) is 0 Å². The fourth-order valence-electron chi connectivity index (χ4n) is 4.33. The van der Waals surface area contributed by atoms with Crippen molar-refractivity contribution in [2.75, 3.05) is 6.26 Å². The van der Waals surface area contributed by atoms with Crippen LogP contribution >= 0.6 is 0 Å². The molecule has 0 saturated carbocycles. The minimum absolute atomic E-state index is 0.0161. The van der Waals surface area contributed by atoms with E-state index in [1.165, 1.54) is 28.9 Å². The molecule has 8 nitrogen and oxygen atoms in total. The SMILES string of the molecule is CC(C)=C(C)c1c(S(C)(=O)=O)ccc(C(=O)c2c(C)nn(CC(C)C)c2OS(=O)(=O)c2ccc(C)cc2)c1C. The minimum Gasteiger partial charge on any atom is -0.358 e. The monoisotopic (exact) mass is 572 g/mol. The largest absolute Gasteiger partial charge is 0.358 e. The molecule has 0 aliphatic rings. The summed E-state index contributed by atoms with van der Waals surface area (Å²) in [4.78, 5) is 14.2. The van der Waals surface area contributed by atoms with Crippen molar-refractivity contribution in [2.24, 2.45) is 5.92 Å². The molecule has 0 radical (unpaired) electrons. The Balaban J connectivity index is 2.27. The van der Waals surface area contributed by atoms with E-state index >= 15 is 0 Å². The summed E-state index contributed by atoms with van der Waals surface area (Å²) in [6.07, 6.45) is 1.13. The Morgan fingerprint density at radius 2 is 1.51 bits per heavy atom. The van der Waals surface area contributed by atoms with Crippen molar-refractivity contribution in [2.45, 2.75) is 71.7 Å². The second-order valence-electron chi connectivity index (χ2n) is 10.5. The molecular weight excluding hydrogens is 536 g/mol. The molecule has 2 aromatic carbocycles. The van der Waals surface area contributed by atoms with E-state index in [1.807, 2.05) is 41.5 Å². The number of rotatable bonds is 9. The van der Waals surface area contributed by atoms with Crippen LogP contribution < -0.4 is 4.18 Å². The van der Waals surface area contributed by atoms with Crippen LogP contribution in [0.5, 0.6) is 5.88 Å². The molecule has 0 unspecified atom stereocenters. The lowest BCUT2D eigenvalue weighted by Gasteiger charge is -2.17. The molecule has 210 valence electrons. The summed E-state index contributed by atoms with van der Waals surface area (Å²) in [7, 11) is -7.87. The first kappa shape index (κ1) is 30.3. The van der Waals surface area contributed by atoms with Crippen LogP contribution in [-0.2, 0) is 26.5 Å². The zero-order valence-electron chi connectivity index (χ0n) is 23.9. The summed E-state index contributed by atoms with van der Waals surface area (Å²) in [5.74, 6) is -0.588. The summed E-state index contributed by atoms with van der Waals surface area (Å²) in [6, 6.07) is 9.12. The summed E-state index contributed by atoms with van der Waals surface area (Å²) in [5.41, 5.74) is 4.04. The van der Waals surface area contributed by atoms with E-state index in [2.05, 4.69) is 5.10 Å². The highest BCUT2D eigenvalue weighted by atomic mass is 32.2. The van der Waals surface area contributed by atoms with E-state index in [0.29, 0.717) is 23.4 Å². The molecule has 1 heterocycles. The number of aryl methyl sites for hydroxylation is 2. The lowest BCUT2D eigenvalue weighted by molar-refractivity contribution is 0.103. The third-order valence-electron chi connectivity index (χ3n) is 6.54. The highest BCUT2D eigenvalue weighted by Gasteiger charge is 2.31. The van der Waals surface area contributed by atoms with E-state index in [0.717, 1.165) is 23.0 Å². The Bertz CT molecular complexity index is 1670. The second-order valence-corrected chi connectivity index (χ2v) is 14.1. The van der Waals surface area contributed by atoms with Gasteiger partial charge in [0.05, 0.1) is 10.6 Å². The van der Waals surface area contributed by atoms with Crippen LogP contribution in [0.1, 0.15) is 72.9 Å². The molecule has 1 aromatic heterocycles. The number of nitrogens with zero attached hydrogens (tertiary/aromatic N) is 2. The van der Waals surface area contributed by atoms with Gasteiger partial charge in [0.15, 0.2) is 9.84 Å². The summed E-state index contributed by atoms with van der Waals surface area (Å²) in [5, 5.41) is 4.46. The third-order valence-corrected chi connectivity index (χ3v) is 8.91. The first-order valence-corrected chi connectivity index (χ1v) is 15.9. The Labute approximate surface area is 231 Å². The number of sulfone groups is 1. The molecular formula is C29H36N2O6S2. The number of hydrogen-bond donors (Lipinski definition) is 0. The maximum absolute atomic E-state index is 14.1. The smallest absolute Gasteiger partial charge is 0.340 e. The number of carbonyl (C=O) groups excluding carboxylic acids is 1. The molecule has 0 aliphatic heterocycles. The van der Waals surface area contributed by atoms with Crippen molar-refractivity contribution in [3.8, 4) is 5.88 Å². The number of benzene rings is 2. The number of ketones is 1. The summed E-state index contributed by atoms with van der Waals surface area (Å²) >= 11 is 0. The molecule has 0 bridgehead atoms. The van der Waals surface area contributed by atoms with Crippen LogP contribution in [0.2, 0.25) is 0 Å². The quantitative estimate of drug-likeness (QED) is 0.239. The maximum atomic E-state index is 14.1. The Kier molecular flexibility index (Phi) is 8.62. The number of hydrogen-bond acceptors (Lipinski definition) is 7. The molecule has 0 aliphatic carbocycles. The standard InChI is InChI=1S/C29H36N2O6S2/c1-17(2)16-31-29(37-39(35,36)23-12-10-19(5)11-13-23)27(22(8)30-31)28(32)24-14-15-25(38(9,33)34)26(21(24)7)20(6)18(3)4/h10-15,17H,16H2,1-9H3. The van der Waals surface area contributed by atoms with Gasteiger partial charge in [0.1, 0.15) is 10.5 Å². The second kappa shape index (κ2) is 11.1. The fourth-order valence-corrected chi connectivity index (χ4v) is 6.26. The molecule has 0 amide bonds. The van der Waals surface area contributed by atoms with Gasteiger partial charge in [-0.15, -0.1) is 0 Å². The first-order chi connectivity index (χ1) is 18.0. The van der Waals surface area contributed by atoms with E-state index in [4.69, 9.17) is 4.18 Å². The normalized spacial score (nSPS) is 12.1. The van der Waals surface area contributed by atoms with Crippen LogP contribution in [0.4, 0.5) is 0 Å². The topological polar surface area (TPSA) is 112 Å². The Morgan fingerprint density at radius 3 is 2.03 bits per heavy atom. The van der Waals surface area contributed by atoms with E-state index in [1.54, 1.807) is 26.0 Å². The molecule has 0 spiro atoms. The number of carbonyl (C=O) groups is 1. The molecule has 39 heavy (non-hydrogen) atoms. The Morgan fingerprint density at radius 1 is 0.923 bits per heavy atom. The minimum atomic E-state index is -4.28. The van der Waals surface area contributed by atoms with Crippen LogP contribution in [0, 0.1) is 26.7 Å². The molecule has 3 rings (SSSR count). The molecule has 0 atom stereocenters. The van der Waals surface area contributed by atoms with Gasteiger partial charge in [0, 0.05) is 18.4 Å². The van der Waals surface area contributed by atoms with E-state index < -0.39 is 25.7 Å². The van der Waals surface area contributed by atoms with Crippen molar-refractivity contribution in [1.29, 1.82) is 0 Å². The fraction of sp³-hybridized carbons (Fsp3) is 0.379. The molecule has 0 fully saturated rings. The van der Waals surface area contributed by atoms with Crippen LogP contribution in [0.25, 0.3) is 5.57 Å². The predicted molar refractivity (Wildman–Crippen MR) is 152 cm³/mol. The Hall–Kier alpha value is -3.24. The van der Waals surface area contributed by atoms with Gasteiger partial charge in [0.25, 0.3) is 0 Å². The zero-order chi connectivity index (χ0) is 29.4. The van der Waals surface area contributed by atoms with Crippen molar-refractivity contribution in [3.05, 3.63) is 75.5 Å². The molecule has 0 saturated heterocycles. The van der Waals surface area contributed by atoms with Gasteiger partial charge in [0.2, 0.25) is 11.7 Å². The summed E-state index contributed by atoms with van der Waals surface area (Å²) in [6.45, 7) is 14.9. The van der Waals surface area contributed by atoms with E-state index in [-0.39, 0.29) is 32.7 Å². The zero-order valence-corrected chi connectivity index (χ0v) is 25.5. The van der Waals surface area contributed by atoms with Gasteiger partial charge in [-0.3, -0.25) is 4.79 Å². The first-order valence-electron chi connectivity index (χ1n) is 12.6. The lowest BCUT2D eigenvalue weighted by atomic mass is 9.91.